The van der Waals surface area contributed by atoms with E-state index in [1.807, 2.05) is 36.5 Å². The fourth-order valence-corrected chi connectivity index (χ4v) is 4.37. The monoisotopic (exact) mass is 410 g/mol. The molecule has 1 aromatic carbocycles. The number of unbranched alkanes of at least 4 members (excludes halogenated alkanes) is 1. The lowest BCUT2D eigenvalue weighted by Gasteiger charge is -2.30. The first kappa shape index (κ1) is 22.4. The van der Waals surface area contributed by atoms with Crippen molar-refractivity contribution in [3.05, 3.63) is 60.1 Å². The fraction of sp³-hybridized carbons (Fsp3) is 0.560. The number of hydrogen-bond donors (Lipinski definition) is 2. The molecule has 5 heteroatoms. The van der Waals surface area contributed by atoms with Crippen molar-refractivity contribution < 1.29 is 4.74 Å². The molecule has 0 atom stereocenters. The van der Waals surface area contributed by atoms with E-state index in [9.17, 15) is 0 Å². The second kappa shape index (κ2) is 11.8. The molecular weight excluding hydrogens is 372 g/mol. The summed E-state index contributed by atoms with van der Waals surface area (Å²) in [5, 5.41) is 11.2. The van der Waals surface area contributed by atoms with Crippen LogP contribution in [0.4, 0.5) is 0 Å². The van der Waals surface area contributed by atoms with E-state index in [1.54, 1.807) is 0 Å². The Morgan fingerprint density at radius 1 is 1.23 bits per heavy atom. The maximum Gasteiger partial charge on any atom is 0.119 e. The van der Waals surface area contributed by atoms with Crippen LogP contribution in [0.25, 0.3) is 0 Å². The van der Waals surface area contributed by atoms with Crippen LogP contribution in [-0.2, 0) is 6.54 Å². The Balaban J connectivity index is 1.39. The van der Waals surface area contributed by atoms with E-state index in [0.29, 0.717) is 18.4 Å². The molecule has 0 radical (unpaired) electrons. The van der Waals surface area contributed by atoms with Crippen LogP contribution in [-0.4, -0.2) is 41.8 Å². The van der Waals surface area contributed by atoms with Crippen molar-refractivity contribution in [3.8, 4) is 5.75 Å². The Hall–Kier alpha value is -2.27. The zero-order chi connectivity index (χ0) is 21.2. The van der Waals surface area contributed by atoms with E-state index in [-0.39, 0.29) is 0 Å². The molecule has 0 aliphatic heterocycles. The molecule has 2 aromatic rings. The quantitative estimate of drug-likeness (QED) is 0.478. The van der Waals surface area contributed by atoms with Gasteiger partial charge in [-0.05, 0) is 63.7 Å². The molecule has 3 rings (SSSR count). The lowest BCUT2D eigenvalue weighted by atomic mass is 9.78. The first-order valence-electron chi connectivity index (χ1n) is 11.5. The zero-order valence-electron chi connectivity index (χ0n) is 18.7. The van der Waals surface area contributed by atoms with Gasteiger partial charge in [-0.1, -0.05) is 38.1 Å². The van der Waals surface area contributed by atoms with Crippen LogP contribution in [0.5, 0.6) is 5.75 Å². The second-order valence-corrected chi connectivity index (χ2v) is 8.56. The lowest BCUT2D eigenvalue weighted by Crippen LogP contribution is -2.27. The molecule has 0 unspecified atom stereocenters. The molecule has 1 saturated carbocycles. The summed E-state index contributed by atoms with van der Waals surface area (Å²) in [6.45, 7) is 10.1. The number of para-hydroxylation sites is 1. The summed E-state index contributed by atoms with van der Waals surface area (Å²) in [6.07, 6.45) is 9.26. The van der Waals surface area contributed by atoms with Crippen molar-refractivity contribution in [2.24, 2.45) is 5.92 Å². The van der Waals surface area contributed by atoms with Crippen molar-refractivity contribution >= 4 is 0 Å². The lowest BCUT2D eigenvalue weighted by molar-refractivity contribution is 0.303. The highest BCUT2D eigenvalue weighted by molar-refractivity contribution is 5.22. The molecule has 0 bridgehead atoms. The minimum atomic E-state index is 0.552. The fourth-order valence-electron chi connectivity index (χ4n) is 4.37. The minimum absolute atomic E-state index is 0.552. The zero-order valence-corrected chi connectivity index (χ0v) is 18.7. The second-order valence-electron chi connectivity index (χ2n) is 8.56. The smallest absolute Gasteiger partial charge is 0.119 e. The molecule has 30 heavy (non-hydrogen) atoms. The number of nitrogens with one attached hydrogen (secondary N) is 2. The Bertz CT molecular complexity index is 750. The standard InChI is InChI=1S/C25H38N4O/c1-4-5-16-29(3)19-23-18-27-28-25(23)22-13-11-21(12-14-22)20(2)26-15-17-30-24-9-7-6-8-10-24/h6-10,18,21-22,26H,2,4-5,11-17,19H2,1,3H3,(H,27,28). The number of aromatic nitrogens is 2. The average Bonchev–Trinajstić information content (AvgIpc) is 3.24. The largest absolute Gasteiger partial charge is 0.492 e. The Morgan fingerprint density at radius 2 is 2.00 bits per heavy atom. The number of H-pyrrole nitrogens is 1. The molecule has 1 aromatic heterocycles. The van der Waals surface area contributed by atoms with Crippen LogP contribution in [0.15, 0.2) is 48.8 Å². The molecule has 2 N–H and O–H groups in total. The topological polar surface area (TPSA) is 53.2 Å². The van der Waals surface area contributed by atoms with Crippen LogP contribution in [0.2, 0.25) is 0 Å². The van der Waals surface area contributed by atoms with E-state index < -0.39 is 0 Å². The Morgan fingerprint density at radius 3 is 2.73 bits per heavy atom. The van der Waals surface area contributed by atoms with Crippen LogP contribution in [0, 0.1) is 5.92 Å². The van der Waals surface area contributed by atoms with E-state index in [0.717, 1.165) is 31.1 Å². The maximum absolute atomic E-state index is 5.76. The number of aromatic amines is 1. The number of hydrogen-bond acceptors (Lipinski definition) is 4. The summed E-state index contributed by atoms with van der Waals surface area (Å²) >= 11 is 0. The molecule has 0 saturated heterocycles. The highest BCUT2D eigenvalue weighted by Crippen LogP contribution is 2.38. The summed E-state index contributed by atoms with van der Waals surface area (Å²) < 4.78 is 5.76. The van der Waals surface area contributed by atoms with Gasteiger partial charge in [-0.2, -0.15) is 5.10 Å². The average molecular weight is 411 g/mol. The SMILES string of the molecule is C=C(NCCOc1ccccc1)C1CCC(c2[nH]ncc2CN(C)CCCC)CC1. The summed E-state index contributed by atoms with van der Waals surface area (Å²) in [4.78, 5) is 2.41. The molecule has 1 aliphatic rings. The first-order valence-corrected chi connectivity index (χ1v) is 11.5. The van der Waals surface area contributed by atoms with Crippen LogP contribution < -0.4 is 10.1 Å². The van der Waals surface area contributed by atoms with Gasteiger partial charge in [0.25, 0.3) is 0 Å². The Labute approximate surface area is 181 Å². The highest BCUT2D eigenvalue weighted by Gasteiger charge is 2.26. The van der Waals surface area contributed by atoms with Crippen LogP contribution >= 0.6 is 0 Å². The van der Waals surface area contributed by atoms with Crippen LogP contribution in [0.1, 0.15) is 62.6 Å². The molecule has 164 valence electrons. The van der Waals surface area contributed by atoms with Gasteiger partial charge in [0.15, 0.2) is 0 Å². The van der Waals surface area contributed by atoms with E-state index in [1.165, 1.54) is 49.8 Å². The van der Waals surface area contributed by atoms with Crippen molar-refractivity contribution in [2.45, 2.75) is 57.9 Å². The van der Waals surface area contributed by atoms with Gasteiger partial charge in [0.05, 0.1) is 6.20 Å². The molecule has 0 spiro atoms. The predicted octanol–water partition coefficient (Wildman–Crippen LogP) is 5.10. The van der Waals surface area contributed by atoms with Crippen molar-refractivity contribution in [1.82, 2.24) is 20.4 Å². The molecule has 0 amide bonds. The summed E-state index contributed by atoms with van der Waals surface area (Å²) in [7, 11) is 2.21. The van der Waals surface area contributed by atoms with Crippen molar-refractivity contribution in [3.63, 3.8) is 0 Å². The maximum atomic E-state index is 5.76. The third kappa shape index (κ3) is 6.63. The van der Waals surface area contributed by atoms with Gasteiger partial charge in [0.1, 0.15) is 12.4 Å². The van der Waals surface area contributed by atoms with E-state index >= 15 is 0 Å². The van der Waals surface area contributed by atoms with Gasteiger partial charge in [0, 0.05) is 36.0 Å². The minimum Gasteiger partial charge on any atom is -0.492 e. The van der Waals surface area contributed by atoms with Gasteiger partial charge >= 0.3 is 0 Å². The van der Waals surface area contributed by atoms with Gasteiger partial charge in [-0.25, -0.2) is 0 Å². The molecule has 1 aliphatic carbocycles. The van der Waals surface area contributed by atoms with Crippen molar-refractivity contribution in [2.75, 3.05) is 26.7 Å². The number of ether oxygens (including phenoxy) is 1. The number of rotatable bonds is 12. The third-order valence-electron chi connectivity index (χ3n) is 6.18. The molecule has 5 nitrogen and oxygen atoms in total. The Kier molecular flexibility index (Phi) is 8.81. The normalized spacial score (nSPS) is 19.0. The number of nitrogens with zero attached hydrogens (tertiary/aromatic N) is 2. The summed E-state index contributed by atoms with van der Waals surface area (Å²) in [6, 6.07) is 9.96. The van der Waals surface area contributed by atoms with Gasteiger partial charge in [-0.15, -0.1) is 0 Å². The molecular formula is C25H38N4O. The van der Waals surface area contributed by atoms with E-state index in [2.05, 4.69) is 41.0 Å². The number of allylic oxidation sites excluding steroid dienone is 1. The van der Waals surface area contributed by atoms with Gasteiger partial charge in [-0.3, -0.25) is 5.10 Å². The predicted molar refractivity (Wildman–Crippen MR) is 124 cm³/mol. The van der Waals surface area contributed by atoms with Crippen LogP contribution in [0.3, 0.4) is 0 Å². The summed E-state index contributed by atoms with van der Waals surface area (Å²) in [5.41, 5.74) is 3.88. The molecule has 1 heterocycles. The van der Waals surface area contributed by atoms with E-state index in [4.69, 9.17) is 4.74 Å². The highest BCUT2D eigenvalue weighted by atomic mass is 16.5. The number of benzene rings is 1. The first-order chi connectivity index (χ1) is 14.7. The molecule has 1 fully saturated rings. The van der Waals surface area contributed by atoms with Gasteiger partial charge < -0.3 is 15.0 Å². The van der Waals surface area contributed by atoms with Crippen molar-refractivity contribution in [1.29, 1.82) is 0 Å². The summed E-state index contributed by atoms with van der Waals surface area (Å²) in [5.74, 6) is 2.06. The van der Waals surface area contributed by atoms with Gasteiger partial charge in [0.2, 0.25) is 0 Å². The third-order valence-corrected chi connectivity index (χ3v) is 6.18.